The Morgan fingerprint density at radius 2 is 2.00 bits per heavy atom. The zero-order valence-electron chi connectivity index (χ0n) is 2.95. The summed E-state index contributed by atoms with van der Waals surface area (Å²) in [4.78, 5) is 0. The third-order valence-electron chi connectivity index (χ3n) is 0.246. The summed E-state index contributed by atoms with van der Waals surface area (Å²) in [5.41, 5.74) is -1.35. The minimum atomic E-state index is -1.35. The molecule has 35 valence electrons. The number of hydrogen-bond acceptors (Lipinski definition) is 0. The Bertz CT molecular complexity index is 59.8. The lowest BCUT2D eigenvalue weighted by Gasteiger charge is -1.87. The summed E-state index contributed by atoms with van der Waals surface area (Å²) >= 11 is 9.80. The lowest BCUT2D eigenvalue weighted by atomic mass is 10.7. The molecule has 0 bridgehead atoms. The SMILES string of the molecule is C=C(Cl)C([O])Cl. The van der Waals surface area contributed by atoms with Crippen molar-refractivity contribution in [2.45, 2.75) is 5.56 Å². The molecule has 0 spiro atoms. The van der Waals surface area contributed by atoms with E-state index in [1.807, 2.05) is 0 Å². The Morgan fingerprint density at radius 1 is 1.83 bits per heavy atom. The number of hydrogen-bond donors (Lipinski definition) is 0. The van der Waals surface area contributed by atoms with Gasteiger partial charge in [-0.3, -0.25) is 0 Å². The van der Waals surface area contributed by atoms with E-state index in [0.29, 0.717) is 0 Å². The first-order valence-electron chi connectivity index (χ1n) is 1.29. The van der Waals surface area contributed by atoms with Gasteiger partial charge in [0.2, 0.25) is 5.56 Å². The van der Waals surface area contributed by atoms with E-state index in [-0.39, 0.29) is 5.03 Å². The zero-order valence-corrected chi connectivity index (χ0v) is 4.46. The predicted molar refractivity (Wildman–Crippen MR) is 25.3 cm³/mol. The van der Waals surface area contributed by atoms with Crippen molar-refractivity contribution in [3.63, 3.8) is 0 Å². The minimum absolute atomic E-state index is 0.0586. The van der Waals surface area contributed by atoms with Gasteiger partial charge >= 0.3 is 0 Å². The van der Waals surface area contributed by atoms with E-state index < -0.39 is 5.56 Å². The van der Waals surface area contributed by atoms with Crippen LogP contribution in [0.4, 0.5) is 0 Å². The van der Waals surface area contributed by atoms with E-state index in [4.69, 9.17) is 23.2 Å². The van der Waals surface area contributed by atoms with Crippen molar-refractivity contribution in [1.82, 2.24) is 0 Å². The van der Waals surface area contributed by atoms with Gasteiger partial charge in [-0.05, 0) is 0 Å². The average molecular weight is 126 g/mol. The minimum Gasteiger partial charge on any atom is -0.209 e. The van der Waals surface area contributed by atoms with E-state index in [1.165, 1.54) is 0 Å². The largest absolute Gasteiger partial charge is 0.209 e. The molecule has 1 unspecified atom stereocenters. The van der Waals surface area contributed by atoms with Crippen LogP contribution >= 0.6 is 23.2 Å². The molecule has 0 fully saturated rings. The summed E-state index contributed by atoms with van der Waals surface area (Å²) in [6.45, 7) is 3.08. The van der Waals surface area contributed by atoms with Crippen molar-refractivity contribution in [1.29, 1.82) is 0 Å². The Labute approximate surface area is 46.2 Å². The smallest absolute Gasteiger partial charge is 0.201 e. The molecule has 0 aliphatic carbocycles. The fourth-order valence-electron chi connectivity index (χ4n) is 0. The van der Waals surface area contributed by atoms with Crippen LogP contribution in [0.15, 0.2) is 11.6 Å². The highest BCUT2D eigenvalue weighted by Gasteiger charge is 1.98. The number of rotatable bonds is 1. The molecule has 0 aromatic heterocycles. The topological polar surface area (TPSA) is 19.9 Å². The number of alkyl halides is 1. The maximum Gasteiger partial charge on any atom is 0.201 e. The van der Waals surface area contributed by atoms with Crippen molar-refractivity contribution in [3.8, 4) is 0 Å². The van der Waals surface area contributed by atoms with Gasteiger partial charge in [-0.2, -0.15) is 0 Å². The summed E-state index contributed by atoms with van der Waals surface area (Å²) in [6, 6.07) is 0. The second-order valence-electron chi connectivity index (χ2n) is 0.763. The second kappa shape index (κ2) is 2.45. The Balaban J connectivity index is 3.26. The third-order valence-corrected chi connectivity index (χ3v) is 0.820. The fourth-order valence-corrected chi connectivity index (χ4v) is 0. The van der Waals surface area contributed by atoms with Gasteiger partial charge in [-0.15, -0.1) is 0 Å². The van der Waals surface area contributed by atoms with Crippen LogP contribution in [-0.4, -0.2) is 5.56 Å². The lowest BCUT2D eigenvalue weighted by molar-refractivity contribution is 0.194. The average Bonchev–Trinajstić information content (AvgIpc) is 1.36. The third kappa shape index (κ3) is 2.51. The summed E-state index contributed by atoms with van der Waals surface area (Å²) in [5, 5.41) is 9.70. The highest BCUT2D eigenvalue weighted by molar-refractivity contribution is 6.36. The molecule has 0 aliphatic heterocycles. The van der Waals surface area contributed by atoms with Crippen LogP contribution in [0.25, 0.3) is 0 Å². The molecule has 0 aliphatic rings. The molecule has 3 heteroatoms. The first-order valence-corrected chi connectivity index (χ1v) is 2.10. The van der Waals surface area contributed by atoms with Crippen LogP contribution in [0.1, 0.15) is 0 Å². The van der Waals surface area contributed by atoms with Gasteiger partial charge in [-0.1, -0.05) is 29.8 Å². The standard InChI is InChI=1S/C3H3Cl2O/c1-2(4)3(5)6/h3H,1H2. The molecule has 0 aromatic carbocycles. The van der Waals surface area contributed by atoms with E-state index >= 15 is 0 Å². The van der Waals surface area contributed by atoms with Crippen LogP contribution in [-0.2, 0) is 5.11 Å². The van der Waals surface area contributed by atoms with Gasteiger partial charge in [0, 0.05) is 0 Å². The van der Waals surface area contributed by atoms with Gasteiger partial charge in [0.1, 0.15) is 0 Å². The molecule has 0 N–H and O–H groups in total. The molecule has 0 saturated carbocycles. The van der Waals surface area contributed by atoms with Gasteiger partial charge in [0.05, 0.1) is 5.03 Å². The van der Waals surface area contributed by atoms with Gasteiger partial charge in [-0.25, -0.2) is 5.11 Å². The summed E-state index contributed by atoms with van der Waals surface area (Å²) in [5.74, 6) is 0. The quantitative estimate of drug-likeness (QED) is 0.477. The predicted octanol–water partition coefficient (Wildman–Crippen LogP) is 1.73. The molecule has 0 aromatic rings. The molecule has 1 radical (unpaired) electrons. The summed E-state index contributed by atoms with van der Waals surface area (Å²) < 4.78 is 0. The van der Waals surface area contributed by atoms with Crippen LogP contribution in [0, 0.1) is 0 Å². The first-order chi connectivity index (χ1) is 2.64. The highest BCUT2D eigenvalue weighted by Crippen LogP contribution is 2.07. The Kier molecular flexibility index (Phi) is 2.57. The zero-order chi connectivity index (χ0) is 5.15. The molecule has 1 nitrogen and oxygen atoms in total. The van der Waals surface area contributed by atoms with Gasteiger partial charge in [0.15, 0.2) is 0 Å². The van der Waals surface area contributed by atoms with Gasteiger partial charge < -0.3 is 0 Å². The summed E-state index contributed by atoms with van der Waals surface area (Å²) in [6.07, 6.45) is 0. The first kappa shape index (κ1) is 6.28. The number of halogens is 2. The molecule has 0 amide bonds. The Hall–Kier alpha value is 0.280. The second-order valence-corrected chi connectivity index (χ2v) is 1.64. The molecular formula is C3H3Cl2O. The van der Waals surface area contributed by atoms with Crippen molar-refractivity contribution in [3.05, 3.63) is 11.6 Å². The molecule has 0 saturated heterocycles. The van der Waals surface area contributed by atoms with E-state index in [2.05, 4.69) is 6.58 Å². The van der Waals surface area contributed by atoms with Crippen molar-refractivity contribution < 1.29 is 5.11 Å². The molecular weight excluding hydrogens is 123 g/mol. The van der Waals surface area contributed by atoms with Crippen LogP contribution in [0.5, 0.6) is 0 Å². The molecule has 0 heterocycles. The van der Waals surface area contributed by atoms with Crippen LogP contribution in [0.2, 0.25) is 0 Å². The highest BCUT2D eigenvalue weighted by atomic mass is 35.5. The van der Waals surface area contributed by atoms with Crippen molar-refractivity contribution in [2.24, 2.45) is 0 Å². The summed E-state index contributed by atoms with van der Waals surface area (Å²) in [7, 11) is 0. The van der Waals surface area contributed by atoms with Crippen molar-refractivity contribution in [2.75, 3.05) is 0 Å². The van der Waals surface area contributed by atoms with E-state index in [0.717, 1.165) is 0 Å². The van der Waals surface area contributed by atoms with E-state index in [9.17, 15) is 5.11 Å². The molecule has 0 rings (SSSR count). The fraction of sp³-hybridized carbons (Fsp3) is 0.333. The normalized spacial score (nSPS) is 13.8. The Morgan fingerprint density at radius 3 is 2.00 bits per heavy atom. The molecule has 1 atom stereocenters. The van der Waals surface area contributed by atoms with Gasteiger partial charge in [0.25, 0.3) is 0 Å². The lowest BCUT2D eigenvalue weighted by Crippen LogP contribution is -1.88. The van der Waals surface area contributed by atoms with Crippen molar-refractivity contribution >= 4 is 23.2 Å². The van der Waals surface area contributed by atoms with E-state index in [1.54, 1.807) is 0 Å². The maximum atomic E-state index is 9.76. The molecule has 6 heavy (non-hydrogen) atoms. The van der Waals surface area contributed by atoms with Crippen LogP contribution < -0.4 is 0 Å². The monoisotopic (exact) mass is 125 g/mol. The van der Waals surface area contributed by atoms with Crippen LogP contribution in [0.3, 0.4) is 0 Å². The maximum absolute atomic E-state index is 9.76.